The second-order valence-electron chi connectivity index (χ2n) is 5.72. The monoisotopic (exact) mass is 277 g/mol. The maximum absolute atomic E-state index is 13.2. The molecule has 1 aromatic heterocycles. The number of nitrogens with zero attached hydrogens (tertiary/aromatic N) is 3. The summed E-state index contributed by atoms with van der Waals surface area (Å²) in [7, 11) is 1.93. The highest BCUT2D eigenvalue weighted by molar-refractivity contribution is 5.31. The van der Waals surface area contributed by atoms with Crippen molar-refractivity contribution in [2.45, 2.75) is 26.0 Å². The number of hydrogen-bond acceptors (Lipinski definition) is 3. The van der Waals surface area contributed by atoms with Crippen LogP contribution in [0.3, 0.4) is 0 Å². The van der Waals surface area contributed by atoms with Crippen molar-refractivity contribution in [3.8, 4) is 5.69 Å². The van der Waals surface area contributed by atoms with Gasteiger partial charge >= 0.3 is 0 Å². The zero-order valence-corrected chi connectivity index (χ0v) is 12.0. The van der Waals surface area contributed by atoms with Crippen LogP contribution in [0.1, 0.15) is 19.5 Å². The zero-order chi connectivity index (χ0) is 14.8. The third kappa shape index (κ3) is 4.15. The lowest BCUT2D eigenvalue weighted by Gasteiger charge is -2.24. The minimum absolute atomic E-state index is 0.279. The van der Waals surface area contributed by atoms with Gasteiger partial charge in [-0.1, -0.05) is 6.07 Å². The second kappa shape index (κ2) is 5.73. The van der Waals surface area contributed by atoms with Crippen molar-refractivity contribution < 1.29 is 9.50 Å². The van der Waals surface area contributed by atoms with Gasteiger partial charge in [0.05, 0.1) is 17.0 Å². The molecule has 1 N–H and O–H groups in total. The van der Waals surface area contributed by atoms with Crippen molar-refractivity contribution >= 4 is 0 Å². The molecular weight excluding hydrogens is 257 g/mol. The van der Waals surface area contributed by atoms with Crippen LogP contribution >= 0.6 is 0 Å². The van der Waals surface area contributed by atoms with E-state index in [1.165, 1.54) is 12.1 Å². The molecule has 0 radical (unpaired) electrons. The van der Waals surface area contributed by atoms with Crippen LogP contribution in [0.5, 0.6) is 0 Å². The Labute approximate surface area is 118 Å². The number of likely N-dealkylation sites (N-methyl/N-ethyl adjacent to an activating group) is 1. The van der Waals surface area contributed by atoms with Crippen LogP contribution in [0.15, 0.2) is 36.5 Å². The molecule has 20 heavy (non-hydrogen) atoms. The number of aliphatic hydroxyl groups is 1. The minimum Gasteiger partial charge on any atom is -0.389 e. The molecule has 0 unspecified atom stereocenters. The Bertz CT molecular complexity index is 574. The predicted molar refractivity (Wildman–Crippen MR) is 76.2 cm³/mol. The van der Waals surface area contributed by atoms with Gasteiger partial charge in [-0.2, -0.15) is 5.10 Å². The number of hydrogen-bond donors (Lipinski definition) is 1. The van der Waals surface area contributed by atoms with E-state index in [0.29, 0.717) is 18.8 Å². The Morgan fingerprint density at radius 1 is 1.35 bits per heavy atom. The lowest BCUT2D eigenvalue weighted by molar-refractivity contribution is 0.0421. The normalized spacial score (nSPS) is 12.1. The van der Waals surface area contributed by atoms with Crippen LogP contribution in [0.25, 0.3) is 5.69 Å². The molecule has 1 aromatic carbocycles. The highest BCUT2D eigenvalue weighted by atomic mass is 19.1. The fraction of sp³-hybridized carbons (Fsp3) is 0.400. The lowest BCUT2D eigenvalue weighted by Crippen LogP contribution is -2.35. The van der Waals surface area contributed by atoms with E-state index in [0.717, 1.165) is 5.69 Å². The number of rotatable bonds is 5. The first-order valence-corrected chi connectivity index (χ1v) is 6.55. The first-order valence-electron chi connectivity index (χ1n) is 6.55. The largest absolute Gasteiger partial charge is 0.389 e. The van der Waals surface area contributed by atoms with Gasteiger partial charge in [-0.15, -0.1) is 0 Å². The quantitative estimate of drug-likeness (QED) is 0.911. The number of halogens is 1. The maximum Gasteiger partial charge on any atom is 0.125 e. The van der Waals surface area contributed by atoms with E-state index in [2.05, 4.69) is 5.10 Å². The molecule has 0 aliphatic carbocycles. The van der Waals surface area contributed by atoms with Gasteiger partial charge < -0.3 is 5.11 Å². The Hall–Kier alpha value is -1.72. The second-order valence-corrected chi connectivity index (χ2v) is 5.72. The van der Waals surface area contributed by atoms with Gasteiger partial charge in [0.2, 0.25) is 0 Å². The average Bonchev–Trinajstić information content (AvgIpc) is 2.74. The fourth-order valence-corrected chi connectivity index (χ4v) is 2.20. The van der Waals surface area contributed by atoms with Crippen LogP contribution in [-0.4, -0.2) is 39.0 Å². The molecule has 2 rings (SSSR count). The molecule has 1 heterocycles. The van der Waals surface area contributed by atoms with Gasteiger partial charge in [0, 0.05) is 19.3 Å². The van der Waals surface area contributed by atoms with E-state index in [4.69, 9.17) is 0 Å². The van der Waals surface area contributed by atoms with Crippen molar-refractivity contribution in [3.63, 3.8) is 0 Å². The molecule has 0 spiro atoms. The van der Waals surface area contributed by atoms with Crippen LogP contribution in [0, 0.1) is 5.82 Å². The summed E-state index contributed by atoms with van der Waals surface area (Å²) in [6.07, 6.45) is 1.81. The molecule has 0 amide bonds. The molecular formula is C15H20FN3O. The molecule has 0 saturated carbocycles. The third-order valence-corrected chi connectivity index (χ3v) is 2.81. The van der Waals surface area contributed by atoms with Gasteiger partial charge in [0.25, 0.3) is 0 Å². The molecule has 0 bridgehead atoms. The number of aromatic nitrogens is 2. The van der Waals surface area contributed by atoms with E-state index in [1.54, 1.807) is 30.7 Å². The van der Waals surface area contributed by atoms with Crippen molar-refractivity contribution in [2.24, 2.45) is 0 Å². The molecule has 0 aliphatic rings. The maximum atomic E-state index is 13.2. The van der Waals surface area contributed by atoms with Crippen molar-refractivity contribution in [2.75, 3.05) is 13.6 Å². The summed E-state index contributed by atoms with van der Waals surface area (Å²) in [4.78, 5) is 2.00. The van der Waals surface area contributed by atoms with Gasteiger partial charge in [-0.3, -0.25) is 4.90 Å². The van der Waals surface area contributed by atoms with Crippen molar-refractivity contribution in [1.82, 2.24) is 14.7 Å². The summed E-state index contributed by atoms with van der Waals surface area (Å²) in [5.74, 6) is -0.279. The Balaban J connectivity index is 2.06. The molecule has 0 saturated heterocycles. The fourth-order valence-electron chi connectivity index (χ4n) is 2.20. The Kier molecular flexibility index (Phi) is 4.20. The van der Waals surface area contributed by atoms with Crippen molar-refractivity contribution in [3.05, 3.63) is 48.0 Å². The highest BCUT2D eigenvalue weighted by Gasteiger charge is 2.16. The van der Waals surface area contributed by atoms with Gasteiger partial charge in [0.1, 0.15) is 5.82 Å². The lowest BCUT2D eigenvalue weighted by atomic mass is 10.1. The molecule has 0 aliphatic heterocycles. The average molecular weight is 277 g/mol. The van der Waals surface area contributed by atoms with Gasteiger partial charge in [-0.05, 0) is 45.2 Å². The SMILES string of the molecule is CN(Cc1ccn(-c2cccc(F)c2)n1)CC(C)(C)O. The molecule has 108 valence electrons. The highest BCUT2D eigenvalue weighted by Crippen LogP contribution is 2.11. The van der Waals surface area contributed by atoms with Crippen LogP contribution in [0.2, 0.25) is 0 Å². The minimum atomic E-state index is -0.736. The first kappa shape index (κ1) is 14.7. The molecule has 4 nitrogen and oxygen atoms in total. The number of benzene rings is 1. The van der Waals surface area contributed by atoms with E-state index in [9.17, 15) is 9.50 Å². The van der Waals surface area contributed by atoms with Crippen molar-refractivity contribution in [1.29, 1.82) is 0 Å². The standard InChI is InChI=1S/C15H20FN3O/c1-15(2,20)11-18(3)10-13-7-8-19(17-13)14-6-4-5-12(16)9-14/h4-9,20H,10-11H2,1-3H3. The van der Waals surface area contributed by atoms with Gasteiger partial charge in [-0.25, -0.2) is 9.07 Å². The summed E-state index contributed by atoms with van der Waals surface area (Å²) in [5.41, 5.74) is 0.835. The summed E-state index contributed by atoms with van der Waals surface area (Å²) < 4.78 is 14.8. The van der Waals surface area contributed by atoms with Gasteiger partial charge in [0.15, 0.2) is 0 Å². The van der Waals surface area contributed by atoms with E-state index in [1.807, 2.05) is 24.2 Å². The van der Waals surface area contributed by atoms with E-state index in [-0.39, 0.29) is 5.82 Å². The summed E-state index contributed by atoms with van der Waals surface area (Å²) in [6.45, 7) is 4.73. The Morgan fingerprint density at radius 2 is 2.10 bits per heavy atom. The van der Waals surface area contributed by atoms with Crippen LogP contribution in [-0.2, 0) is 6.54 Å². The summed E-state index contributed by atoms with van der Waals surface area (Å²) >= 11 is 0. The van der Waals surface area contributed by atoms with Crippen LogP contribution < -0.4 is 0 Å². The third-order valence-electron chi connectivity index (χ3n) is 2.81. The smallest absolute Gasteiger partial charge is 0.125 e. The molecule has 5 heteroatoms. The Morgan fingerprint density at radius 3 is 2.75 bits per heavy atom. The zero-order valence-electron chi connectivity index (χ0n) is 12.0. The summed E-state index contributed by atoms with van der Waals surface area (Å²) in [5, 5.41) is 14.2. The topological polar surface area (TPSA) is 41.3 Å². The molecule has 0 atom stereocenters. The molecule has 0 fully saturated rings. The van der Waals surface area contributed by atoms with E-state index < -0.39 is 5.60 Å². The van der Waals surface area contributed by atoms with Crippen LogP contribution in [0.4, 0.5) is 4.39 Å². The molecule has 2 aromatic rings. The van der Waals surface area contributed by atoms with E-state index >= 15 is 0 Å². The summed E-state index contributed by atoms with van der Waals surface area (Å²) in [6, 6.07) is 8.21. The predicted octanol–water partition coefficient (Wildman–Crippen LogP) is 2.21. The first-order chi connectivity index (χ1) is 9.33.